The molecule has 0 aromatic carbocycles. The molecule has 0 fully saturated rings. The summed E-state index contributed by atoms with van der Waals surface area (Å²) in [7, 11) is 0. The van der Waals surface area contributed by atoms with Gasteiger partial charge in [-0.15, -0.1) is 10.2 Å². The molecule has 0 bridgehead atoms. The highest BCUT2D eigenvalue weighted by atomic mass is 32.2. The standard InChI is InChI=1S/C14H12F3N7S/c1-2-8-7-10(21-11(20-8)9-5-3-4-6-19-9)25-13-23-22-12(24(13)18)14(15,16)17/h3-7H,2,18H2,1H3. The minimum atomic E-state index is -4.68. The third kappa shape index (κ3) is 3.71. The Labute approximate surface area is 144 Å². The van der Waals surface area contributed by atoms with E-state index in [4.69, 9.17) is 5.84 Å². The number of aromatic nitrogens is 6. The van der Waals surface area contributed by atoms with Crippen LogP contribution in [0.2, 0.25) is 0 Å². The van der Waals surface area contributed by atoms with Crippen molar-refractivity contribution in [3.8, 4) is 11.5 Å². The van der Waals surface area contributed by atoms with Crippen LogP contribution in [-0.4, -0.2) is 29.8 Å². The number of nitrogen functional groups attached to an aromatic ring is 1. The molecule has 11 heteroatoms. The van der Waals surface area contributed by atoms with Gasteiger partial charge in [0.1, 0.15) is 10.7 Å². The Morgan fingerprint density at radius 1 is 1.20 bits per heavy atom. The number of nitrogens with two attached hydrogens (primary N) is 1. The summed E-state index contributed by atoms with van der Waals surface area (Å²) in [5, 5.41) is 6.86. The second-order valence-corrected chi connectivity index (χ2v) is 5.85. The molecule has 0 saturated carbocycles. The van der Waals surface area contributed by atoms with Gasteiger partial charge in [0.2, 0.25) is 5.16 Å². The molecule has 0 spiro atoms. The van der Waals surface area contributed by atoms with Crippen LogP contribution in [0.1, 0.15) is 18.4 Å². The van der Waals surface area contributed by atoms with Crippen molar-refractivity contribution in [2.24, 2.45) is 0 Å². The number of halogens is 3. The highest BCUT2D eigenvalue weighted by Crippen LogP contribution is 2.31. The minimum absolute atomic E-state index is 0.125. The molecule has 0 saturated heterocycles. The van der Waals surface area contributed by atoms with Crippen LogP contribution in [-0.2, 0) is 12.6 Å². The Kier molecular flexibility index (Phi) is 4.57. The molecule has 3 aromatic heterocycles. The lowest BCUT2D eigenvalue weighted by atomic mass is 10.3. The molecule has 3 aromatic rings. The first kappa shape index (κ1) is 17.1. The van der Waals surface area contributed by atoms with E-state index in [1.165, 1.54) is 0 Å². The molecule has 0 atom stereocenters. The van der Waals surface area contributed by atoms with Crippen LogP contribution in [0.15, 0.2) is 40.6 Å². The van der Waals surface area contributed by atoms with Crippen molar-refractivity contribution in [1.29, 1.82) is 0 Å². The Bertz CT molecular complexity index is 880. The molecular formula is C14H12F3N7S. The van der Waals surface area contributed by atoms with Gasteiger partial charge in [-0.3, -0.25) is 4.98 Å². The molecule has 0 amide bonds. The highest BCUT2D eigenvalue weighted by Gasteiger charge is 2.38. The zero-order valence-corrected chi connectivity index (χ0v) is 13.7. The van der Waals surface area contributed by atoms with E-state index in [0.29, 0.717) is 27.6 Å². The first-order valence-corrected chi connectivity index (χ1v) is 7.95. The molecule has 25 heavy (non-hydrogen) atoms. The monoisotopic (exact) mass is 367 g/mol. The number of hydrogen-bond donors (Lipinski definition) is 1. The van der Waals surface area contributed by atoms with E-state index >= 15 is 0 Å². The zero-order valence-electron chi connectivity index (χ0n) is 12.9. The van der Waals surface area contributed by atoms with Crippen molar-refractivity contribution in [2.75, 3.05) is 5.84 Å². The molecule has 0 aliphatic carbocycles. The lowest BCUT2D eigenvalue weighted by Crippen LogP contribution is -2.21. The van der Waals surface area contributed by atoms with E-state index < -0.39 is 12.0 Å². The Hall–Kier alpha value is -2.69. The van der Waals surface area contributed by atoms with E-state index in [1.54, 1.807) is 30.5 Å². The van der Waals surface area contributed by atoms with Crippen molar-refractivity contribution in [3.63, 3.8) is 0 Å². The van der Waals surface area contributed by atoms with E-state index in [1.807, 2.05) is 6.92 Å². The van der Waals surface area contributed by atoms with Crippen molar-refractivity contribution in [2.45, 2.75) is 29.7 Å². The average Bonchev–Trinajstić information content (AvgIpc) is 2.96. The van der Waals surface area contributed by atoms with Gasteiger partial charge in [0, 0.05) is 11.9 Å². The van der Waals surface area contributed by atoms with Gasteiger partial charge in [-0.2, -0.15) is 13.2 Å². The molecular weight excluding hydrogens is 355 g/mol. The summed E-state index contributed by atoms with van der Waals surface area (Å²) in [5.41, 5.74) is 1.28. The predicted molar refractivity (Wildman–Crippen MR) is 83.9 cm³/mol. The fourth-order valence-corrected chi connectivity index (χ4v) is 2.73. The van der Waals surface area contributed by atoms with Gasteiger partial charge >= 0.3 is 6.18 Å². The number of nitrogens with zero attached hydrogens (tertiary/aromatic N) is 6. The second-order valence-electron chi connectivity index (χ2n) is 4.87. The van der Waals surface area contributed by atoms with Crippen LogP contribution in [0.25, 0.3) is 11.5 Å². The second kappa shape index (κ2) is 6.67. The number of pyridine rings is 1. The summed E-state index contributed by atoms with van der Waals surface area (Å²) in [6, 6.07) is 6.97. The summed E-state index contributed by atoms with van der Waals surface area (Å²) in [4.78, 5) is 12.9. The third-order valence-corrected chi connectivity index (χ3v) is 4.01. The van der Waals surface area contributed by atoms with E-state index in [9.17, 15) is 13.2 Å². The molecule has 2 N–H and O–H groups in total. The van der Waals surface area contributed by atoms with Crippen molar-refractivity contribution in [3.05, 3.63) is 42.0 Å². The maximum absolute atomic E-state index is 12.8. The van der Waals surface area contributed by atoms with E-state index in [-0.39, 0.29) is 5.16 Å². The molecule has 130 valence electrons. The van der Waals surface area contributed by atoms with Gasteiger partial charge in [0.05, 0.1) is 0 Å². The molecule has 0 aliphatic rings. The summed E-state index contributed by atoms with van der Waals surface area (Å²) in [6.07, 6.45) is -2.45. The van der Waals surface area contributed by atoms with Crippen molar-refractivity contribution < 1.29 is 13.2 Å². The van der Waals surface area contributed by atoms with Gasteiger partial charge in [-0.05, 0) is 36.4 Å². The van der Waals surface area contributed by atoms with Gasteiger partial charge in [0.15, 0.2) is 5.82 Å². The predicted octanol–water partition coefficient (Wildman–Crippen LogP) is 2.58. The minimum Gasteiger partial charge on any atom is -0.335 e. The van der Waals surface area contributed by atoms with Crippen LogP contribution in [0.5, 0.6) is 0 Å². The number of alkyl halides is 3. The van der Waals surface area contributed by atoms with Crippen LogP contribution >= 0.6 is 11.8 Å². The van der Waals surface area contributed by atoms with Gasteiger partial charge in [-0.1, -0.05) is 13.0 Å². The summed E-state index contributed by atoms with van der Waals surface area (Å²) in [6.45, 7) is 1.91. The first-order valence-electron chi connectivity index (χ1n) is 7.13. The topological polar surface area (TPSA) is 95.4 Å². The molecule has 3 heterocycles. The van der Waals surface area contributed by atoms with Gasteiger partial charge < -0.3 is 5.84 Å². The summed E-state index contributed by atoms with van der Waals surface area (Å²) in [5.74, 6) is 4.56. The maximum atomic E-state index is 12.8. The van der Waals surface area contributed by atoms with Crippen molar-refractivity contribution >= 4 is 11.8 Å². The summed E-state index contributed by atoms with van der Waals surface area (Å²) >= 11 is 0.875. The average molecular weight is 367 g/mol. The Morgan fingerprint density at radius 3 is 2.60 bits per heavy atom. The maximum Gasteiger partial charge on any atom is 0.453 e. The first-order chi connectivity index (χ1) is 11.9. The lowest BCUT2D eigenvalue weighted by Gasteiger charge is -2.07. The largest absolute Gasteiger partial charge is 0.453 e. The third-order valence-electron chi connectivity index (χ3n) is 3.13. The molecule has 3 rings (SSSR count). The van der Waals surface area contributed by atoms with Crippen molar-refractivity contribution in [1.82, 2.24) is 29.8 Å². The van der Waals surface area contributed by atoms with Crippen LogP contribution in [0.4, 0.5) is 13.2 Å². The molecule has 0 unspecified atom stereocenters. The molecule has 0 aliphatic heterocycles. The highest BCUT2D eigenvalue weighted by molar-refractivity contribution is 7.99. The summed E-state index contributed by atoms with van der Waals surface area (Å²) < 4.78 is 38.7. The number of hydrogen-bond acceptors (Lipinski definition) is 7. The quantitative estimate of drug-likeness (QED) is 0.559. The fraction of sp³-hybridized carbons (Fsp3) is 0.214. The van der Waals surface area contributed by atoms with E-state index in [2.05, 4.69) is 25.1 Å². The van der Waals surface area contributed by atoms with E-state index in [0.717, 1.165) is 17.5 Å². The zero-order chi connectivity index (χ0) is 18.0. The number of rotatable bonds is 4. The normalized spacial score (nSPS) is 11.7. The molecule has 0 radical (unpaired) electrons. The SMILES string of the molecule is CCc1cc(Sc2nnc(C(F)(F)F)n2N)nc(-c2ccccn2)n1. The lowest BCUT2D eigenvalue weighted by molar-refractivity contribution is -0.146. The smallest absolute Gasteiger partial charge is 0.335 e. The fourth-order valence-electron chi connectivity index (χ4n) is 1.95. The van der Waals surface area contributed by atoms with Crippen LogP contribution in [0.3, 0.4) is 0 Å². The van der Waals surface area contributed by atoms with Gasteiger partial charge in [-0.25, -0.2) is 14.6 Å². The number of aryl methyl sites for hydroxylation is 1. The van der Waals surface area contributed by atoms with Crippen LogP contribution < -0.4 is 5.84 Å². The Morgan fingerprint density at radius 2 is 2.00 bits per heavy atom. The van der Waals surface area contributed by atoms with Crippen LogP contribution in [0, 0.1) is 0 Å². The Balaban J connectivity index is 1.97. The molecule has 7 nitrogen and oxygen atoms in total. The van der Waals surface area contributed by atoms with Gasteiger partial charge in [0.25, 0.3) is 5.82 Å².